The second kappa shape index (κ2) is 14.5. The van der Waals surface area contributed by atoms with Crippen LogP contribution in [0, 0.1) is 19.7 Å². The number of carbonyl (C=O) groups excluding carboxylic acids is 2. The van der Waals surface area contributed by atoms with Crippen LogP contribution >= 0.6 is 11.6 Å². The summed E-state index contributed by atoms with van der Waals surface area (Å²) in [5.74, 6) is -1.67. The van der Waals surface area contributed by atoms with Crippen LogP contribution < -0.4 is 9.62 Å². The van der Waals surface area contributed by atoms with E-state index in [2.05, 4.69) is 5.32 Å². The molecule has 7 nitrogen and oxygen atoms in total. The summed E-state index contributed by atoms with van der Waals surface area (Å²) in [6.45, 7) is 4.72. The number of likely N-dealkylation sites (N-methyl/N-ethyl adjacent to an activating group) is 1. The Morgan fingerprint density at radius 1 is 0.909 bits per heavy atom. The maximum atomic E-state index is 15.0. The van der Waals surface area contributed by atoms with Crippen molar-refractivity contribution < 1.29 is 22.4 Å². The highest BCUT2D eigenvalue weighted by Gasteiger charge is 2.35. The Morgan fingerprint density at radius 3 is 2.23 bits per heavy atom. The molecule has 4 rings (SSSR count). The van der Waals surface area contributed by atoms with E-state index in [9.17, 15) is 22.4 Å². The molecule has 230 valence electrons. The van der Waals surface area contributed by atoms with Crippen LogP contribution in [0.3, 0.4) is 0 Å². The van der Waals surface area contributed by atoms with Crippen molar-refractivity contribution in [2.45, 2.75) is 44.7 Å². The molecule has 0 aliphatic heterocycles. The number of benzene rings is 4. The van der Waals surface area contributed by atoms with E-state index in [1.807, 2.05) is 37.3 Å². The molecule has 0 radical (unpaired) electrons. The van der Waals surface area contributed by atoms with E-state index in [4.69, 9.17) is 11.6 Å². The molecule has 1 N–H and O–H groups in total. The van der Waals surface area contributed by atoms with Crippen LogP contribution in [0.15, 0.2) is 102 Å². The smallest absolute Gasteiger partial charge is 0.264 e. The molecule has 0 aromatic heterocycles. The minimum atomic E-state index is -4.28. The number of nitrogens with one attached hydrogen (secondary N) is 1. The lowest BCUT2D eigenvalue weighted by molar-refractivity contribution is -0.140. The van der Waals surface area contributed by atoms with Crippen molar-refractivity contribution in [1.29, 1.82) is 0 Å². The second-order valence-corrected chi connectivity index (χ2v) is 12.8. The number of sulfonamides is 1. The molecule has 0 saturated heterocycles. The third kappa shape index (κ3) is 7.84. The minimum absolute atomic E-state index is 0.0134. The first-order valence-electron chi connectivity index (χ1n) is 14.2. The van der Waals surface area contributed by atoms with Gasteiger partial charge in [0, 0.05) is 30.1 Å². The van der Waals surface area contributed by atoms with Crippen LogP contribution in [0.1, 0.15) is 29.2 Å². The number of amides is 2. The number of carbonyl (C=O) groups is 2. The van der Waals surface area contributed by atoms with Crippen molar-refractivity contribution in [3.05, 3.63) is 130 Å². The normalized spacial score (nSPS) is 11.9. The van der Waals surface area contributed by atoms with E-state index in [0.717, 1.165) is 15.4 Å². The Morgan fingerprint density at radius 2 is 1.57 bits per heavy atom. The van der Waals surface area contributed by atoms with Crippen molar-refractivity contribution in [3.63, 3.8) is 0 Å². The number of hydrogen-bond donors (Lipinski definition) is 1. The van der Waals surface area contributed by atoms with Crippen LogP contribution in [0.5, 0.6) is 0 Å². The number of hydrogen-bond acceptors (Lipinski definition) is 4. The quantitative estimate of drug-likeness (QED) is 0.205. The summed E-state index contributed by atoms with van der Waals surface area (Å²) < 4.78 is 44.3. The molecule has 44 heavy (non-hydrogen) atoms. The third-order valence-corrected chi connectivity index (χ3v) is 9.26. The summed E-state index contributed by atoms with van der Waals surface area (Å²) >= 11 is 6.31. The third-order valence-electron chi connectivity index (χ3n) is 7.25. The minimum Gasteiger partial charge on any atom is -0.355 e. The van der Waals surface area contributed by atoms with Crippen LogP contribution in [0.2, 0.25) is 5.02 Å². The predicted molar refractivity (Wildman–Crippen MR) is 171 cm³/mol. The fourth-order valence-corrected chi connectivity index (χ4v) is 6.50. The van der Waals surface area contributed by atoms with Crippen molar-refractivity contribution in [2.24, 2.45) is 0 Å². The Bertz CT molecular complexity index is 1720. The molecule has 0 unspecified atom stereocenters. The molecule has 2 amide bonds. The molecule has 0 saturated carbocycles. The van der Waals surface area contributed by atoms with E-state index in [1.165, 1.54) is 41.3 Å². The summed E-state index contributed by atoms with van der Waals surface area (Å²) in [4.78, 5) is 29.2. The zero-order valence-electron chi connectivity index (χ0n) is 24.8. The Balaban J connectivity index is 1.83. The molecule has 10 heteroatoms. The summed E-state index contributed by atoms with van der Waals surface area (Å²) in [7, 11) is -4.28. The number of rotatable bonds is 12. The molecule has 4 aromatic carbocycles. The zero-order valence-corrected chi connectivity index (χ0v) is 26.4. The van der Waals surface area contributed by atoms with Crippen LogP contribution in [0.4, 0.5) is 10.1 Å². The summed E-state index contributed by atoms with van der Waals surface area (Å²) in [5.41, 5.74) is 2.63. The topological polar surface area (TPSA) is 86.8 Å². The highest BCUT2D eigenvalue weighted by atomic mass is 35.5. The monoisotopic (exact) mass is 635 g/mol. The molecule has 0 spiro atoms. The van der Waals surface area contributed by atoms with Crippen molar-refractivity contribution >= 4 is 39.1 Å². The van der Waals surface area contributed by atoms with Gasteiger partial charge in [-0.1, -0.05) is 83.9 Å². The average Bonchev–Trinajstić information content (AvgIpc) is 3.00. The van der Waals surface area contributed by atoms with Gasteiger partial charge in [0.2, 0.25) is 11.8 Å². The molecular formula is C34H35ClFN3O4S. The highest BCUT2D eigenvalue weighted by Crippen LogP contribution is 2.30. The van der Waals surface area contributed by atoms with Crippen molar-refractivity contribution in [3.8, 4) is 0 Å². The fourth-order valence-electron chi connectivity index (χ4n) is 4.86. The van der Waals surface area contributed by atoms with Gasteiger partial charge in [0.15, 0.2) is 0 Å². The summed E-state index contributed by atoms with van der Waals surface area (Å²) in [6.07, 6.45) is 0.133. The first-order valence-corrected chi connectivity index (χ1v) is 16.0. The van der Waals surface area contributed by atoms with Gasteiger partial charge in [0.1, 0.15) is 18.4 Å². The summed E-state index contributed by atoms with van der Waals surface area (Å²) in [6, 6.07) is 25.2. The Kier molecular flexibility index (Phi) is 10.8. The number of anilines is 1. The SMILES string of the molecule is CCNC(=O)[C@H](Cc1ccccc1)N(Cc1ccccc1F)C(=O)CN(c1cc(Cl)ccc1C)S(=O)(=O)c1ccc(C)cc1. The van der Waals surface area contributed by atoms with Gasteiger partial charge < -0.3 is 10.2 Å². The molecule has 0 aliphatic carbocycles. The Labute approximate surface area is 263 Å². The Hall–Kier alpha value is -4.21. The number of aryl methyl sites for hydroxylation is 2. The van der Waals surface area contributed by atoms with E-state index in [0.29, 0.717) is 12.1 Å². The fraction of sp³-hybridized carbons (Fsp3) is 0.235. The van der Waals surface area contributed by atoms with Crippen molar-refractivity contribution in [2.75, 3.05) is 17.4 Å². The van der Waals surface area contributed by atoms with Gasteiger partial charge in [-0.15, -0.1) is 0 Å². The van der Waals surface area contributed by atoms with Gasteiger partial charge in [0.25, 0.3) is 10.0 Å². The molecule has 4 aromatic rings. The molecule has 0 aliphatic rings. The van der Waals surface area contributed by atoms with Gasteiger partial charge >= 0.3 is 0 Å². The molecule has 0 heterocycles. The predicted octanol–water partition coefficient (Wildman–Crippen LogP) is 6.07. The second-order valence-electron chi connectivity index (χ2n) is 10.5. The van der Waals surface area contributed by atoms with E-state index < -0.39 is 40.2 Å². The van der Waals surface area contributed by atoms with E-state index in [1.54, 1.807) is 44.2 Å². The van der Waals surface area contributed by atoms with Gasteiger partial charge in [-0.2, -0.15) is 0 Å². The van der Waals surface area contributed by atoms with Crippen LogP contribution in [-0.4, -0.2) is 44.3 Å². The molecular weight excluding hydrogens is 601 g/mol. The van der Waals surface area contributed by atoms with Crippen LogP contribution in [-0.2, 0) is 32.6 Å². The maximum absolute atomic E-state index is 15.0. The van der Waals surface area contributed by atoms with E-state index in [-0.39, 0.29) is 34.1 Å². The van der Waals surface area contributed by atoms with Crippen LogP contribution in [0.25, 0.3) is 0 Å². The molecule has 1 atom stereocenters. The van der Waals surface area contributed by atoms with Crippen molar-refractivity contribution in [1.82, 2.24) is 10.2 Å². The van der Waals surface area contributed by atoms with E-state index >= 15 is 0 Å². The molecule has 0 bridgehead atoms. The zero-order chi connectivity index (χ0) is 31.9. The highest BCUT2D eigenvalue weighted by molar-refractivity contribution is 7.92. The van der Waals surface area contributed by atoms with Gasteiger partial charge in [-0.3, -0.25) is 13.9 Å². The lowest BCUT2D eigenvalue weighted by Crippen LogP contribution is -2.53. The lowest BCUT2D eigenvalue weighted by atomic mass is 10.0. The first kappa shape index (κ1) is 32.7. The van der Waals surface area contributed by atoms with Gasteiger partial charge in [0.05, 0.1) is 10.6 Å². The van der Waals surface area contributed by atoms with Gasteiger partial charge in [-0.05, 0) is 62.2 Å². The standard InChI is InChI=1S/C34H35ClFN3O4S/c1-4-37-34(41)32(20-26-10-6-5-7-11-26)38(22-27-12-8-9-13-30(27)36)33(40)23-39(31-21-28(35)17-16-25(31)3)44(42,43)29-18-14-24(2)15-19-29/h5-19,21,32H,4,20,22-23H2,1-3H3,(H,37,41)/t32-/m0/s1. The number of nitrogens with zero attached hydrogens (tertiary/aromatic N) is 2. The lowest BCUT2D eigenvalue weighted by Gasteiger charge is -2.34. The maximum Gasteiger partial charge on any atom is 0.264 e. The number of halogens is 2. The average molecular weight is 636 g/mol. The largest absolute Gasteiger partial charge is 0.355 e. The first-order chi connectivity index (χ1) is 21.0. The molecule has 0 fully saturated rings. The summed E-state index contributed by atoms with van der Waals surface area (Å²) in [5, 5.41) is 3.08. The van der Waals surface area contributed by atoms with Gasteiger partial charge in [-0.25, -0.2) is 12.8 Å².